The van der Waals surface area contributed by atoms with E-state index in [1.165, 1.54) is 25.3 Å². The minimum atomic E-state index is -0.195. The second-order valence-electron chi connectivity index (χ2n) is 5.92. The summed E-state index contributed by atoms with van der Waals surface area (Å²) in [5, 5.41) is 3.59. The van der Waals surface area contributed by atoms with Gasteiger partial charge in [0.1, 0.15) is 11.6 Å². The molecule has 0 aliphatic carbocycles. The van der Waals surface area contributed by atoms with Crippen LogP contribution < -0.4 is 5.32 Å². The molecule has 1 unspecified atom stereocenters. The smallest absolute Gasteiger partial charge is 0.127 e. The number of fused-ring (bicyclic) bond motifs is 1. The van der Waals surface area contributed by atoms with Crippen LogP contribution in [-0.4, -0.2) is 16.1 Å². The minimum Gasteiger partial charge on any atom is -0.324 e. The molecule has 1 aliphatic rings. The highest BCUT2D eigenvalue weighted by Crippen LogP contribution is 2.29. The average molecular weight is 275 g/mol. The molecule has 4 heteroatoms. The van der Waals surface area contributed by atoms with E-state index in [1.807, 2.05) is 0 Å². The lowest BCUT2D eigenvalue weighted by atomic mass is 10.1. The molecule has 0 radical (unpaired) electrons. The summed E-state index contributed by atoms with van der Waals surface area (Å²) in [6, 6.07) is 5.44. The van der Waals surface area contributed by atoms with Crippen molar-refractivity contribution in [1.29, 1.82) is 0 Å². The first-order valence-corrected chi connectivity index (χ1v) is 7.57. The molecular formula is C16H22FN3. The van der Waals surface area contributed by atoms with Gasteiger partial charge in [-0.05, 0) is 51.4 Å². The number of nitrogens with one attached hydrogen (secondary N) is 1. The average Bonchev–Trinajstić information content (AvgIpc) is 2.60. The predicted octanol–water partition coefficient (Wildman–Crippen LogP) is 3.96. The number of nitrogens with zero attached hydrogens (tertiary/aromatic N) is 2. The standard InChI is InChI=1S/C16H22FN3/c1-11(2)20-15-10-12(17)7-8-13(15)19-16(20)14-6-4-3-5-9-18-14/h7-8,10-11,14,18H,3-6,9H2,1-2H3. The third kappa shape index (κ3) is 2.44. The van der Waals surface area contributed by atoms with Gasteiger partial charge in [-0.25, -0.2) is 9.37 Å². The van der Waals surface area contributed by atoms with Crippen molar-refractivity contribution < 1.29 is 4.39 Å². The summed E-state index contributed by atoms with van der Waals surface area (Å²) in [5.41, 5.74) is 1.79. The summed E-state index contributed by atoms with van der Waals surface area (Å²) in [6.45, 7) is 5.30. The summed E-state index contributed by atoms with van der Waals surface area (Å²) in [7, 11) is 0. The van der Waals surface area contributed by atoms with Crippen molar-refractivity contribution in [3.8, 4) is 0 Å². The lowest BCUT2D eigenvalue weighted by molar-refractivity contribution is 0.464. The van der Waals surface area contributed by atoms with E-state index in [0.29, 0.717) is 0 Å². The molecule has 3 rings (SSSR count). The molecule has 0 saturated carbocycles. The number of imidazole rings is 1. The van der Waals surface area contributed by atoms with Crippen LogP contribution in [0.4, 0.5) is 4.39 Å². The monoisotopic (exact) mass is 275 g/mol. The van der Waals surface area contributed by atoms with Crippen LogP contribution in [0.15, 0.2) is 18.2 Å². The zero-order valence-corrected chi connectivity index (χ0v) is 12.2. The van der Waals surface area contributed by atoms with E-state index in [2.05, 4.69) is 23.7 Å². The number of rotatable bonds is 2. The molecule has 1 atom stereocenters. The lowest BCUT2D eigenvalue weighted by Gasteiger charge is -2.20. The fraction of sp³-hybridized carbons (Fsp3) is 0.562. The van der Waals surface area contributed by atoms with E-state index in [4.69, 9.17) is 4.98 Å². The predicted molar refractivity (Wildman–Crippen MR) is 79.3 cm³/mol. The molecular weight excluding hydrogens is 253 g/mol. The topological polar surface area (TPSA) is 29.9 Å². The Bertz CT molecular complexity index is 595. The molecule has 0 amide bonds. The van der Waals surface area contributed by atoms with Crippen molar-refractivity contribution in [2.45, 2.75) is 51.6 Å². The quantitative estimate of drug-likeness (QED) is 0.899. The Labute approximate surface area is 119 Å². The second kappa shape index (κ2) is 5.52. The van der Waals surface area contributed by atoms with Crippen LogP contribution in [0.2, 0.25) is 0 Å². The number of hydrogen-bond acceptors (Lipinski definition) is 2. The van der Waals surface area contributed by atoms with Gasteiger partial charge >= 0.3 is 0 Å². The van der Waals surface area contributed by atoms with E-state index in [-0.39, 0.29) is 17.9 Å². The Balaban J connectivity index is 2.11. The first-order valence-electron chi connectivity index (χ1n) is 7.57. The van der Waals surface area contributed by atoms with Crippen molar-refractivity contribution >= 4 is 11.0 Å². The zero-order valence-electron chi connectivity index (χ0n) is 12.2. The van der Waals surface area contributed by atoms with Crippen molar-refractivity contribution in [2.75, 3.05) is 6.54 Å². The Kier molecular flexibility index (Phi) is 3.74. The molecule has 3 nitrogen and oxygen atoms in total. The fourth-order valence-electron chi connectivity index (χ4n) is 3.12. The van der Waals surface area contributed by atoms with Gasteiger partial charge in [-0.15, -0.1) is 0 Å². The Morgan fingerprint density at radius 2 is 2.15 bits per heavy atom. The number of benzene rings is 1. The van der Waals surface area contributed by atoms with Crippen LogP contribution in [0.5, 0.6) is 0 Å². The highest BCUT2D eigenvalue weighted by molar-refractivity contribution is 5.76. The Morgan fingerprint density at radius 3 is 2.95 bits per heavy atom. The van der Waals surface area contributed by atoms with Gasteiger partial charge in [0.05, 0.1) is 17.1 Å². The molecule has 1 fully saturated rings. The van der Waals surface area contributed by atoms with Crippen LogP contribution >= 0.6 is 0 Å². The van der Waals surface area contributed by atoms with Crippen LogP contribution in [0, 0.1) is 5.82 Å². The van der Waals surface area contributed by atoms with E-state index in [1.54, 1.807) is 12.1 Å². The summed E-state index contributed by atoms with van der Waals surface area (Å²) >= 11 is 0. The third-order valence-corrected chi connectivity index (χ3v) is 4.07. The van der Waals surface area contributed by atoms with Crippen LogP contribution in [0.3, 0.4) is 0 Å². The highest BCUT2D eigenvalue weighted by atomic mass is 19.1. The molecule has 1 aromatic heterocycles. The summed E-state index contributed by atoms with van der Waals surface area (Å²) in [6.07, 6.45) is 4.85. The fourth-order valence-corrected chi connectivity index (χ4v) is 3.12. The van der Waals surface area contributed by atoms with E-state index in [9.17, 15) is 4.39 Å². The van der Waals surface area contributed by atoms with Crippen molar-refractivity contribution in [3.05, 3.63) is 29.8 Å². The molecule has 2 heterocycles. The zero-order chi connectivity index (χ0) is 14.1. The van der Waals surface area contributed by atoms with Gasteiger partial charge in [-0.1, -0.05) is 12.8 Å². The van der Waals surface area contributed by atoms with Gasteiger partial charge in [0.15, 0.2) is 0 Å². The van der Waals surface area contributed by atoms with Gasteiger partial charge < -0.3 is 9.88 Å². The van der Waals surface area contributed by atoms with E-state index >= 15 is 0 Å². The molecule has 1 aromatic carbocycles. The first kappa shape index (κ1) is 13.6. The Morgan fingerprint density at radius 1 is 1.30 bits per heavy atom. The van der Waals surface area contributed by atoms with Gasteiger partial charge in [-0.3, -0.25) is 0 Å². The largest absolute Gasteiger partial charge is 0.324 e. The molecule has 0 spiro atoms. The van der Waals surface area contributed by atoms with Crippen molar-refractivity contribution in [2.24, 2.45) is 0 Å². The minimum absolute atomic E-state index is 0.195. The SMILES string of the molecule is CC(C)n1c(C2CCCCCN2)nc2ccc(F)cc21. The molecule has 1 saturated heterocycles. The summed E-state index contributed by atoms with van der Waals surface area (Å²) < 4.78 is 15.7. The maximum atomic E-state index is 13.5. The molecule has 20 heavy (non-hydrogen) atoms. The molecule has 1 aliphatic heterocycles. The third-order valence-electron chi connectivity index (χ3n) is 4.07. The maximum absolute atomic E-state index is 13.5. The van der Waals surface area contributed by atoms with Crippen LogP contribution in [-0.2, 0) is 0 Å². The summed E-state index contributed by atoms with van der Waals surface area (Å²) in [4.78, 5) is 4.77. The molecule has 1 N–H and O–H groups in total. The second-order valence-corrected chi connectivity index (χ2v) is 5.92. The van der Waals surface area contributed by atoms with Gasteiger partial charge in [0.2, 0.25) is 0 Å². The molecule has 108 valence electrons. The number of aromatic nitrogens is 2. The first-order chi connectivity index (χ1) is 9.66. The van der Waals surface area contributed by atoms with Gasteiger partial charge in [0, 0.05) is 6.04 Å². The van der Waals surface area contributed by atoms with E-state index < -0.39 is 0 Å². The van der Waals surface area contributed by atoms with E-state index in [0.717, 1.165) is 29.8 Å². The molecule has 0 bridgehead atoms. The van der Waals surface area contributed by atoms with Crippen LogP contribution in [0.25, 0.3) is 11.0 Å². The number of hydrogen-bond donors (Lipinski definition) is 1. The van der Waals surface area contributed by atoms with Crippen molar-refractivity contribution in [3.63, 3.8) is 0 Å². The lowest BCUT2D eigenvalue weighted by Crippen LogP contribution is -2.24. The normalized spacial score (nSPS) is 20.5. The Hall–Kier alpha value is -1.42. The summed E-state index contributed by atoms with van der Waals surface area (Å²) in [5.74, 6) is 0.863. The van der Waals surface area contributed by atoms with Crippen molar-refractivity contribution in [1.82, 2.24) is 14.9 Å². The van der Waals surface area contributed by atoms with Gasteiger partial charge in [-0.2, -0.15) is 0 Å². The van der Waals surface area contributed by atoms with Gasteiger partial charge in [0.25, 0.3) is 0 Å². The molecule has 2 aromatic rings. The maximum Gasteiger partial charge on any atom is 0.127 e. The highest BCUT2D eigenvalue weighted by Gasteiger charge is 2.22. The van der Waals surface area contributed by atoms with Crippen LogP contribution in [0.1, 0.15) is 57.4 Å². The number of halogens is 1.